The molecule has 0 saturated carbocycles. The van der Waals surface area contributed by atoms with Crippen LogP contribution in [0.5, 0.6) is 0 Å². The van der Waals surface area contributed by atoms with Crippen LogP contribution in [0.2, 0.25) is 0 Å². The minimum atomic E-state index is -2.96. The number of furan rings is 1. The third kappa shape index (κ3) is 3.49. The quantitative estimate of drug-likeness (QED) is 0.545. The van der Waals surface area contributed by atoms with Gasteiger partial charge in [0.15, 0.2) is 0 Å². The molecule has 1 unspecified atom stereocenters. The molecule has 0 spiro atoms. The number of nitrogens with one attached hydrogen (secondary N) is 1. The number of rotatable bonds is 5. The first-order valence-corrected chi connectivity index (χ1v) is 6.26. The molecule has 6 heteroatoms. The van der Waals surface area contributed by atoms with Crippen molar-refractivity contribution in [2.75, 3.05) is 12.0 Å². The van der Waals surface area contributed by atoms with Crippen LogP contribution < -0.4 is 11.3 Å². The van der Waals surface area contributed by atoms with Gasteiger partial charge in [-0.15, -0.1) is 0 Å². The second-order valence-corrected chi connectivity index (χ2v) is 5.41. The van der Waals surface area contributed by atoms with Crippen LogP contribution in [0.3, 0.4) is 0 Å². The predicted molar refractivity (Wildman–Crippen MR) is 53.1 cm³/mol. The van der Waals surface area contributed by atoms with Gasteiger partial charge in [-0.05, 0) is 18.6 Å². The fourth-order valence-electron chi connectivity index (χ4n) is 1.13. The van der Waals surface area contributed by atoms with E-state index < -0.39 is 9.84 Å². The fraction of sp³-hybridized carbons (Fsp3) is 0.500. The van der Waals surface area contributed by atoms with E-state index in [9.17, 15) is 8.42 Å². The Labute approximate surface area is 83.2 Å². The van der Waals surface area contributed by atoms with Crippen molar-refractivity contribution in [3.63, 3.8) is 0 Å². The molecule has 1 rings (SSSR count). The number of hydrogen-bond acceptors (Lipinski definition) is 5. The number of hydrogen-bond donors (Lipinski definition) is 2. The van der Waals surface area contributed by atoms with Crippen molar-refractivity contribution in [2.24, 2.45) is 5.84 Å². The van der Waals surface area contributed by atoms with Crippen LogP contribution in [0, 0.1) is 0 Å². The van der Waals surface area contributed by atoms with Crippen molar-refractivity contribution in [1.82, 2.24) is 5.43 Å². The summed E-state index contributed by atoms with van der Waals surface area (Å²) in [6.45, 7) is 0. The molecule has 0 radical (unpaired) electrons. The molecule has 0 aliphatic heterocycles. The van der Waals surface area contributed by atoms with Gasteiger partial charge in [0.05, 0.1) is 18.1 Å². The Bertz CT molecular complexity index is 358. The molecule has 0 aliphatic carbocycles. The average Bonchev–Trinajstić information content (AvgIpc) is 2.56. The first kappa shape index (κ1) is 11.2. The molecular formula is C8H14N2O3S. The zero-order chi connectivity index (χ0) is 10.6. The molecule has 0 aliphatic rings. The van der Waals surface area contributed by atoms with Crippen LogP contribution in [-0.4, -0.2) is 20.4 Å². The van der Waals surface area contributed by atoms with E-state index in [0.29, 0.717) is 12.2 Å². The molecule has 0 aromatic carbocycles. The van der Waals surface area contributed by atoms with Gasteiger partial charge < -0.3 is 4.42 Å². The van der Waals surface area contributed by atoms with Crippen LogP contribution in [-0.2, 0) is 9.84 Å². The molecule has 1 heterocycles. The molecule has 1 aromatic heterocycles. The average molecular weight is 218 g/mol. The largest absolute Gasteiger partial charge is 0.468 e. The summed E-state index contributed by atoms with van der Waals surface area (Å²) in [4.78, 5) is 0. The summed E-state index contributed by atoms with van der Waals surface area (Å²) in [6.07, 6.45) is 3.13. The Balaban J connectivity index is 2.57. The van der Waals surface area contributed by atoms with E-state index >= 15 is 0 Å². The van der Waals surface area contributed by atoms with E-state index in [1.54, 1.807) is 12.1 Å². The second-order valence-electron chi connectivity index (χ2n) is 3.15. The SMILES string of the molecule is CS(=O)(=O)CCC(NN)c1ccco1. The van der Waals surface area contributed by atoms with E-state index in [2.05, 4.69) is 5.43 Å². The summed E-state index contributed by atoms with van der Waals surface area (Å²) in [7, 11) is -2.96. The number of nitrogens with two attached hydrogens (primary N) is 1. The Morgan fingerprint density at radius 3 is 2.79 bits per heavy atom. The molecule has 1 aromatic rings. The molecular weight excluding hydrogens is 204 g/mol. The minimum absolute atomic E-state index is 0.0859. The highest BCUT2D eigenvalue weighted by molar-refractivity contribution is 7.90. The highest BCUT2D eigenvalue weighted by atomic mass is 32.2. The normalized spacial score (nSPS) is 14.1. The molecule has 1 atom stereocenters. The predicted octanol–water partition coefficient (Wildman–Crippen LogP) is 0.219. The van der Waals surface area contributed by atoms with Gasteiger partial charge in [0, 0.05) is 6.26 Å². The maximum Gasteiger partial charge on any atom is 0.147 e. The van der Waals surface area contributed by atoms with Gasteiger partial charge in [0.25, 0.3) is 0 Å². The molecule has 0 amide bonds. The van der Waals surface area contributed by atoms with E-state index in [-0.39, 0.29) is 11.8 Å². The molecule has 5 nitrogen and oxygen atoms in total. The van der Waals surface area contributed by atoms with Crippen LogP contribution in [0.25, 0.3) is 0 Å². The van der Waals surface area contributed by atoms with E-state index in [1.165, 1.54) is 12.5 Å². The number of sulfone groups is 1. The highest BCUT2D eigenvalue weighted by Crippen LogP contribution is 2.16. The van der Waals surface area contributed by atoms with Crippen LogP contribution in [0.1, 0.15) is 18.2 Å². The van der Waals surface area contributed by atoms with Crippen LogP contribution >= 0.6 is 0 Å². The third-order valence-electron chi connectivity index (χ3n) is 1.87. The van der Waals surface area contributed by atoms with Gasteiger partial charge in [-0.3, -0.25) is 5.84 Å². The van der Waals surface area contributed by atoms with Crippen LogP contribution in [0.15, 0.2) is 22.8 Å². The maximum atomic E-state index is 10.9. The fourth-order valence-corrected chi connectivity index (χ4v) is 1.79. The lowest BCUT2D eigenvalue weighted by Crippen LogP contribution is -2.29. The topological polar surface area (TPSA) is 85.3 Å². The minimum Gasteiger partial charge on any atom is -0.468 e. The first-order chi connectivity index (χ1) is 6.53. The van der Waals surface area contributed by atoms with Crippen molar-refractivity contribution in [1.29, 1.82) is 0 Å². The van der Waals surface area contributed by atoms with Crippen molar-refractivity contribution < 1.29 is 12.8 Å². The summed E-state index contributed by atoms with van der Waals surface area (Å²) >= 11 is 0. The lowest BCUT2D eigenvalue weighted by molar-refractivity contribution is 0.410. The second kappa shape index (κ2) is 4.59. The summed E-state index contributed by atoms with van der Waals surface area (Å²) < 4.78 is 27.0. The summed E-state index contributed by atoms with van der Waals surface area (Å²) in [5, 5.41) is 0. The monoisotopic (exact) mass is 218 g/mol. The molecule has 0 fully saturated rings. The molecule has 14 heavy (non-hydrogen) atoms. The zero-order valence-corrected chi connectivity index (χ0v) is 8.75. The lowest BCUT2D eigenvalue weighted by atomic mass is 10.2. The van der Waals surface area contributed by atoms with Crippen molar-refractivity contribution in [3.05, 3.63) is 24.2 Å². The van der Waals surface area contributed by atoms with Gasteiger partial charge in [0.1, 0.15) is 15.6 Å². The van der Waals surface area contributed by atoms with Gasteiger partial charge in [-0.25, -0.2) is 13.8 Å². The van der Waals surface area contributed by atoms with Gasteiger partial charge in [-0.2, -0.15) is 0 Å². The lowest BCUT2D eigenvalue weighted by Gasteiger charge is -2.11. The summed E-state index contributed by atoms with van der Waals surface area (Å²) in [6, 6.07) is 3.24. The maximum absolute atomic E-state index is 10.9. The van der Waals surface area contributed by atoms with Gasteiger partial charge >= 0.3 is 0 Å². The number of hydrazine groups is 1. The van der Waals surface area contributed by atoms with Crippen molar-refractivity contribution in [2.45, 2.75) is 12.5 Å². The first-order valence-electron chi connectivity index (χ1n) is 4.20. The summed E-state index contributed by atoms with van der Waals surface area (Å²) in [5.74, 6) is 6.02. The molecule has 3 N–H and O–H groups in total. The zero-order valence-electron chi connectivity index (χ0n) is 7.93. The van der Waals surface area contributed by atoms with Gasteiger partial charge in [-0.1, -0.05) is 0 Å². The van der Waals surface area contributed by atoms with E-state index in [4.69, 9.17) is 10.3 Å². The van der Waals surface area contributed by atoms with E-state index in [1.807, 2.05) is 0 Å². The smallest absolute Gasteiger partial charge is 0.147 e. The Hall–Kier alpha value is -0.850. The van der Waals surface area contributed by atoms with Crippen molar-refractivity contribution >= 4 is 9.84 Å². The molecule has 80 valence electrons. The molecule has 0 bridgehead atoms. The Kier molecular flexibility index (Phi) is 3.68. The van der Waals surface area contributed by atoms with Crippen molar-refractivity contribution in [3.8, 4) is 0 Å². The standard InChI is InChI=1S/C8H14N2O3S/c1-14(11,12)6-4-7(10-9)8-3-2-5-13-8/h2-3,5,7,10H,4,6,9H2,1H3. The third-order valence-corrected chi connectivity index (χ3v) is 2.84. The van der Waals surface area contributed by atoms with E-state index in [0.717, 1.165) is 0 Å². The van der Waals surface area contributed by atoms with Gasteiger partial charge in [0.2, 0.25) is 0 Å². The Morgan fingerprint density at radius 1 is 1.64 bits per heavy atom. The molecule has 0 saturated heterocycles. The Morgan fingerprint density at radius 2 is 2.36 bits per heavy atom. The highest BCUT2D eigenvalue weighted by Gasteiger charge is 2.14. The summed E-state index contributed by atoms with van der Waals surface area (Å²) in [5.41, 5.74) is 2.52. The van der Waals surface area contributed by atoms with Crippen LogP contribution in [0.4, 0.5) is 0 Å².